The predicted molar refractivity (Wildman–Crippen MR) is 134 cm³/mol. The molecule has 3 N–H and O–H groups in total. The van der Waals surface area contributed by atoms with Gasteiger partial charge in [0.15, 0.2) is 0 Å². The number of pyridine rings is 1. The van der Waals surface area contributed by atoms with Crippen molar-refractivity contribution in [3.8, 4) is 6.07 Å². The van der Waals surface area contributed by atoms with E-state index in [1.165, 1.54) is 11.8 Å². The molecule has 0 aromatic carbocycles. The van der Waals surface area contributed by atoms with E-state index in [1.54, 1.807) is 37.1 Å². The fourth-order valence-corrected chi connectivity index (χ4v) is 5.11. The zero-order valence-electron chi connectivity index (χ0n) is 20.4. The van der Waals surface area contributed by atoms with Crippen LogP contribution in [0.25, 0.3) is 0 Å². The molecule has 11 nitrogen and oxygen atoms in total. The highest BCUT2D eigenvalue weighted by molar-refractivity contribution is 8.01. The van der Waals surface area contributed by atoms with Crippen molar-refractivity contribution in [3.63, 3.8) is 0 Å². The van der Waals surface area contributed by atoms with Crippen LogP contribution in [0.4, 0.5) is 11.6 Å². The third kappa shape index (κ3) is 9.01. The summed E-state index contributed by atoms with van der Waals surface area (Å²) in [5, 5.41) is 17.5. The molecule has 1 saturated heterocycles. The van der Waals surface area contributed by atoms with Crippen LogP contribution in [0, 0.1) is 17.2 Å². The minimum Gasteiger partial charge on any atom is -0.382 e. The first-order chi connectivity index (χ1) is 16.9. The van der Waals surface area contributed by atoms with Crippen molar-refractivity contribution in [2.45, 2.75) is 37.3 Å². The molecule has 192 valence electrons. The van der Waals surface area contributed by atoms with E-state index in [1.807, 2.05) is 6.92 Å². The number of amides is 3. The Morgan fingerprint density at radius 3 is 2.74 bits per heavy atom. The van der Waals surface area contributed by atoms with Crippen molar-refractivity contribution in [1.29, 1.82) is 5.26 Å². The van der Waals surface area contributed by atoms with Gasteiger partial charge in [-0.15, -0.1) is 11.8 Å². The van der Waals surface area contributed by atoms with Crippen LogP contribution in [-0.2, 0) is 23.9 Å². The van der Waals surface area contributed by atoms with Gasteiger partial charge in [0, 0.05) is 33.2 Å². The third-order valence-electron chi connectivity index (χ3n) is 5.22. The molecule has 1 aromatic rings. The van der Waals surface area contributed by atoms with Crippen molar-refractivity contribution in [1.82, 2.24) is 15.2 Å². The Balaban J connectivity index is 1.85. The number of anilines is 2. The number of nitrogens with one attached hydrogen (secondary N) is 3. The van der Waals surface area contributed by atoms with E-state index in [-0.39, 0.29) is 35.0 Å². The number of nitriles is 1. The van der Waals surface area contributed by atoms with Crippen LogP contribution in [0.3, 0.4) is 0 Å². The number of hydrogen-bond acceptors (Lipinski definition) is 9. The average molecular weight is 507 g/mol. The fraction of sp³-hybridized carbons (Fsp3) is 0.609. The van der Waals surface area contributed by atoms with E-state index in [4.69, 9.17) is 9.47 Å². The minimum atomic E-state index is -0.793. The fourth-order valence-electron chi connectivity index (χ4n) is 3.52. The Hall–Kier alpha value is -2.88. The molecule has 1 aliphatic rings. The first-order valence-electron chi connectivity index (χ1n) is 11.6. The number of nitrogens with zero attached hydrogens (tertiary/aromatic N) is 3. The number of methoxy groups -OCH3 is 1. The summed E-state index contributed by atoms with van der Waals surface area (Å²) in [4.78, 5) is 43.0. The molecule has 3 amide bonds. The van der Waals surface area contributed by atoms with E-state index in [0.29, 0.717) is 57.3 Å². The molecule has 35 heavy (non-hydrogen) atoms. The summed E-state index contributed by atoms with van der Waals surface area (Å²) in [6, 6.07) is 7.29. The normalized spacial score (nSPS) is 18.1. The highest BCUT2D eigenvalue weighted by Crippen LogP contribution is 2.36. The molecule has 0 saturated carbocycles. The van der Waals surface area contributed by atoms with Crippen LogP contribution >= 0.6 is 11.8 Å². The van der Waals surface area contributed by atoms with Crippen molar-refractivity contribution in [3.05, 3.63) is 18.2 Å². The Morgan fingerprint density at radius 2 is 2.06 bits per heavy atom. The van der Waals surface area contributed by atoms with Crippen LogP contribution in [-0.4, -0.2) is 84.8 Å². The van der Waals surface area contributed by atoms with Gasteiger partial charge in [-0.2, -0.15) is 5.26 Å². The summed E-state index contributed by atoms with van der Waals surface area (Å²) < 4.78 is 10.1. The van der Waals surface area contributed by atoms with Gasteiger partial charge in [0.25, 0.3) is 5.91 Å². The molecular weight excluding hydrogens is 472 g/mol. The number of aromatic nitrogens is 1. The maximum atomic E-state index is 12.9. The quantitative estimate of drug-likeness (QED) is 0.301. The lowest BCUT2D eigenvalue weighted by molar-refractivity contribution is -0.131. The Bertz CT molecular complexity index is 895. The van der Waals surface area contributed by atoms with Gasteiger partial charge in [0.05, 0.1) is 29.9 Å². The molecular formula is C23H34N6O5S. The molecule has 2 rings (SSSR count). The highest BCUT2D eigenvalue weighted by atomic mass is 32.2. The summed E-state index contributed by atoms with van der Waals surface area (Å²) in [6.45, 7) is 5.83. The smallest absolute Gasteiger partial charge is 0.251 e. The van der Waals surface area contributed by atoms with E-state index in [9.17, 15) is 19.6 Å². The zero-order valence-corrected chi connectivity index (χ0v) is 21.2. The molecule has 0 radical (unpaired) electrons. The summed E-state index contributed by atoms with van der Waals surface area (Å²) in [7, 11) is 1.56. The van der Waals surface area contributed by atoms with Gasteiger partial charge in [-0.3, -0.25) is 14.4 Å². The van der Waals surface area contributed by atoms with E-state index in [0.717, 1.165) is 0 Å². The average Bonchev–Trinajstić information content (AvgIpc) is 3.14. The second-order valence-electron chi connectivity index (χ2n) is 7.73. The topological polar surface area (TPSA) is 146 Å². The summed E-state index contributed by atoms with van der Waals surface area (Å²) >= 11 is 1.49. The van der Waals surface area contributed by atoms with Crippen molar-refractivity contribution < 1.29 is 23.9 Å². The minimum absolute atomic E-state index is 0.0133. The molecule has 0 bridgehead atoms. The first-order valence-corrected chi connectivity index (χ1v) is 12.6. The number of hydrogen-bond donors (Lipinski definition) is 3. The highest BCUT2D eigenvalue weighted by Gasteiger charge is 2.40. The number of ether oxygens (including phenoxy) is 2. The lowest BCUT2D eigenvalue weighted by atomic mass is 10.1. The molecule has 12 heteroatoms. The second-order valence-corrected chi connectivity index (χ2v) is 9.12. The molecule has 1 aromatic heterocycles. The van der Waals surface area contributed by atoms with Crippen LogP contribution in [0.2, 0.25) is 0 Å². The Labute approximate surface area is 210 Å². The van der Waals surface area contributed by atoms with Crippen LogP contribution in [0.15, 0.2) is 18.2 Å². The van der Waals surface area contributed by atoms with Gasteiger partial charge in [0.1, 0.15) is 24.2 Å². The lowest BCUT2D eigenvalue weighted by Crippen LogP contribution is -2.38. The van der Waals surface area contributed by atoms with Gasteiger partial charge < -0.3 is 30.3 Å². The monoisotopic (exact) mass is 506 g/mol. The van der Waals surface area contributed by atoms with Gasteiger partial charge in [-0.25, -0.2) is 4.98 Å². The van der Waals surface area contributed by atoms with E-state index < -0.39 is 5.92 Å². The summed E-state index contributed by atoms with van der Waals surface area (Å²) in [6.07, 6.45) is 0.857. The number of carbonyl (C=O) groups is 3. The largest absolute Gasteiger partial charge is 0.382 e. The van der Waals surface area contributed by atoms with Gasteiger partial charge in [-0.1, -0.05) is 6.07 Å². The maximum absolute atomic E-state index is 12.9. The number of carbonyl (C=O) groups excluding carboxylic acids is 3. The molecule has 0 aliphatic carbocycles. The predicted octanol–water partition coefficient (Wildman–Crippen LogP) is 1.44. The number of thioether (sulfide) groups is 1. The first kappa shape index (κ1) is 28.4. The van der Waals surface area contributed by atoms with Crippen LogP contribution in [0.1, 0.15) is 26.7 Å². The second kappa shape index (κ2) is 15.2. The van der Waals surface area contributed by atoms with E-state index >= 15 is 0 Å². The molecule has 0 spiro atoms. The van der Waals surface area contributed by atoms with Gasteiger partial charge in [0.2, 0.25) is 11.8 Å². The Kier molecular flexibility index (Phi) is 12.3. The Morgan fingerprint density at radius 1 is 1.29 bits per heavy atom. The number of rotatable bonds is 15. The van der Waals surface area contributed by atoms with Crippen molar-refractivity contribution in [2.24, 2.45) is 5.92 Å². The zero-order chi connectivity index (χ0) is 25.6. The summed E-state index contributed by atoms with van der Waals surface area (Å²) in [5.41, 5.74) is 0. The van der Waals surface area contributed by atoms with Gasteiger partial charge >= 0.3 is 0 Å². The SMILES string of the molecule is CCNC(=O)C(C#N)CC1SC(CCNc2cccc(NC(=O)COCCOC)n2)C(=O)N1CC. The van der Waals surface area contributed by atoms with Crippen molar-refractivity contribution >= 4 is 41.1 Å². The van der Waals surface area contributed by atoms with Crippen LogP contribution in [0.5, 0.6) is 0 Å². The van der Waals surface area contributed by atoms with Crippen molar-refractivity contribution in [2.75, 3.05) is 57.2 Å². The molecule has 1 aliphatic heterocycles. The summed E-state index contributed by atoms with van der Waals surface area (Å²) in [5.74, 6) is -0.426. The third-order valence-corrected chi connectivity index (χ3v) is 6.75. The maximum Gasteiger partial charge on any atom is 0.251 e. The standard InChI is InChI=1S/C23H34N6O5S/c1-4-25-22(31)16(14-24)13-21-29(5-2)23(32)17(35-21)9-10-26-18-7-6-8-19(27-18)28-20(30)15-34-12-11-33-3/h6-8,16-17,21H,4-5,9-13,15H2,1-3H3,(H,25,31)(H2,26,27,28,30). The molecule has 3 unspecified atom stereocenters. The molecule has 3 atom stereocenters. The molecule has 2 heterocycles. The molecule has 1 fully saturated rings. The van der Waals surface area contributed by atoms with Crippen LogP contribution < -0.4 is 16.0 Å². The van der Waals surface area contributed by atoms with E-state index in [2.05, 4.69) is 27.0 Å². The lowest BCUT2D eigenvalue weighted by Gasteiger charge is -2.23. The van der Waals surface area contributed by atoms with Gasteiger partial charge in [-0.05, 0) is 32.4 Å².